The normalized spacial score (nSPS) is 10.4. The Morgan fingerprint density at radius 3 is 2.54 bits per heavy atom. The summed E-state index contributed by atoms with van der Waals surface area (Å²) in [6, 6.07) is 19.2. The molecule has 0 saturated carbocycles. The molecule has 4 nitrogen and oxygen atoms in total. The van der Waals surface area contributed by atoms with E-state index in [1.54, 1.807) is 18.3 Å². The number of nitrogens with zero attached hydrogens (tertiary/aromatic N) is 2. The first-order valence-corrected chi connectivity index (χ1v) is 8.70. The van der Waals surface area contributed by atoms with Crippen molar-refractivity contribution < 1.29 is 4.79 Å². The molecule has 0 aliphatic heterocycles. The monoisotopic (exact) mass is 365 g/mol. The molecule has 0 atom stereocenters. The molecule has 0 spiro atoms. The molecule has 0 radical (unpaired) electrons. The van der Waals surface area contributed by atoms with Crippen molar-refractivity contribution in [2.45, 2.75) is 13.5 Å². The first-order valence-electron chi connectivity index (χ1n) is 8.32. The van der Waals surface area contributed by atoms with Crippen molar-refractivity contribution in [1.29, 1.82) is 0 Å². The average Bonchev–Trinajstić information content (AvgIpc) is 2.66. The Hall–Kier alpha value is -2.85. The molecule has 3 aromatic rings. The molecule has 1 N–H and O–H groups in total. The highest BCUT2D eigenvalue weighted by Crippen LogP contribution is 2.23. The first kappa shape index (κ1) is 18.0. The van der Waals surface area contributed by atoms with Gasteiger partial charge in [0.2, 0.25) is 0 Å². The summed E-state index contributed by atoms with van der Waals surface area (Å²) in [6.07, 6.45) is 1.59. The highest BCUT2D eigenvalue weighted by Gasteiger charge is 2.11. The maximum absolute atomic E-state index is 12.4. The van der Waals surface area contributed by atoms with Gasteiger partial charge in [0.05, 0.1) is 5.56 Å². The Labute approximate surface area is 158 Å². The SMILES string of the molecule is Cc1c(Cl)cccc1NC(=O)c1ccc(N(C)Cc2ccccc2)nc1. The molecule has 0 bridgehead atoms. The zero-order valence-corrected chi connectivity index (χ0v) is 15.5. The molecule has 1 heterocycles. The lowest BCUT2D eigenvalue weighted by molar-refractivity contribution is 0.102. The van der Waals surface area contributed by atoms with Crippen LogP contribution in [-0.4, -0.2) is 17.9 Å². The van der Waals surface area contributed by atoms with Crippen LogP contribution in [0.2, 0.25) is 5.02 Å². The highest BCUT2D eigenvalue weighted by molar-refractivity contribution is 6.31. The summed E-state index contributed by atoms with van der Waals surface area (Å²) >= 11 is 6.10. The molecular formula is C21H20ClN3O. The predicted octanol–water partition coefficient (Wildman–Crippen LogP) is 4.93. The minimum atomic E-state index is -0.208. The third kappa shape index (κ3) is 4.21. The molecule has 0 fully saturated rings. The van der Waals surface area contributed by atoms with E-state index in [4.69, 9.17) is 11.6 Å². The molecule has 1 amide bonds. The number of hydrogen-bond acceptors (Lipinski definition) is 3. The number of nitrogens with one attached hydrogen (secondary N) is 1. The number of amides is 1. The van der Waals surface area contributed by atoms with Gasteiger partial charge in [0.25, 0.3) is 5.91 Å². The highest BCUT2D eigenvalue weighted by atomic mass is 35.5. The van der Waals surface area contributed by atoms with Crippen LogP contribution in [0.3, 0.4) is 0 Å². The Balaban J connectivity index is 1.68. The van der Waals surface area contributed by atoms with Crippen molar-refractivity contribution in [2.75, 3.05) is 17.3 Å². The van der Waals surface area contributed by atoms with Crippen molar-refractivity contribution in [1.82, 2.24) is 4.98 Å². The van der Waals surface area contributed by atoms with Gasteiger partial charge >= 0.3 is 0 Å². The van der Waals surface area contributed by atoms with Gasteiger partial charge in [-0.05, 0) is 42.3 Å². The quantitative estimate of drug-likeness (QED) is 0.697. The third-order valence-electron chi connectivity index (χ3n) is 4.18. The Bertz CT molecular complexity index is 895. The van der Waals surface area contributed by atoms with Gasteiger partial charge in [-0.2, -0.15) is 0 Å². The molecule has 132 valence electrons. The van der Waals surface area contributed by atoms with E-state index >= 15 is 0 Å². The van der Waals surface area contributed by atoms with Crippen LogP contribution >= 0.6 is 11.6 Å². The van der Waals surface area contributed by atoms with E-state index in [0.29, 0.717) is 16.3 Å². The Morgan fingerprint density at radius 1 is 1.08 bits per heavy atom. The van der Waals surface area contributed by atoms with E-state index < -0.39 is 0 Å². The summed E-state index contributed by atoms with van der Waals surface area (Å²) < 4.78 is 0. The predicted molar refractivity (Wildman–Crippen MR) is 107 cm³/mol. The van der Waals surface area contributed by atoms with Gasteiger partial charge in [-0.25, -0.2) is 4.98 Å². The number of pyridine rings is 1. The minimum Gasteiger partial charge on any atom is -0.355 e. The molecule has 0 saturated heterocycles. The third-order valence-corrected chi connectivity index (χ3v) is 4.59. The molecule has 1 aromatic heterocycles. The summed E-state index contributed by atoms with van der Waals surface area (Å²) in [4.78, 5) is 18.9. The van der Waals surface area contributed by atoms with Crippen LogP contribution in [-0.2, 0) is 6.54 Å². The van der Waals surface area contributed by atoms with Gasteiger partial charge in [0.15, 0.2) is 0 Å². The lowest BCUT2D eigenvalue weighted by Gasteiger charge is -2.18. The zero-order valence-electron chi connectivity index (χ0n) is 14.7. The van der Waals surface area contributed by atoms with Crippen LogP contribution in [0.1, 0.15) is 21.5 Å². The lowest BCUT2D eigenvalue weighted by Crippen LogP contribution is -2.18. The summed E-state index contributed by atoms with van der Waals surface area (Å²) in [7, 11) is 1.98. The lowest BCUT2D eigenvalue weighted by atomic mass is 10.2. The van der Waals surface area contributed by atoms with E-state index in [-0.39, 0.29) is 5.91 Å². The number of rotatable bonds is 5. The Morgan fingerprint density at radius 2 is 1.85 bits per heavy atom. The van der Waals surface area contributed by atoms with Gasteiger partial charge in [0, 0.05) is 30.5 Å². The average molecular weight is 366 g/mol. The molecule has 0 aliphatic carbocycles. The number of aromatic nitrogens is 1. The fourth-order valence-corrected chi connectivity index (χ4v) is 2.80. The molecule has 3 rings (SSSR count). The summed E-state index contributed by atoms with van der Waals surface area (Å²) in [5.74, 6) is 0.601. The maximum Gasteiger partial charge on any atom is 0.257 e. The van der Waals surface area contributed by atoms with Crippen LogP contribution in [0.5, 0.6) is 0 Å². The largest absolute Gasteiger partial charge is 0.355 e. The van der Waals surface area contributed by atoms with Crippen molar-refractivity contribution >= 4 is 29.0 Å². The molecule has 5 heteroatoms. The number of carbonyl (C=O) groups excluding carboxylic acids is 1. The van der Waals surface area contributed by atoms with Gasteiger partial charge in [0.1, 0.15) is 5.82 Å². The molecule has 0 unspecified atom stereocenters. The molecule has 26 heavy (non-hydrogen) atoms. The van der Waals surface area contributed by atoms with Crippen molar-refractivity contribution in [3.05, 3.63) is 88.6 Å². The number of carbonyl (C=O) groups is 1. The van der Waals surface area contributed by atoms with Gasteiger partial charge in [-0.1, -0.05) is 48.0 Å². The van der Waals surface area contributed by atoms with Crippen LogP contribution in [0.4, 0.5) is 11.5 Å². The van der Waals surface area contributed by atoms with Crippen LogP contribution in [0.25, 0.3) is 0 Å². The van der Waals surface area contributed by atoms with Crippen molar-refractivity contribution in [3.8, 4) is 0 Å². The van der Waals surface area contributed by atoms with Crippen molar-refractivity contribution in [3.63, 3.8) is 0 Å². The second kappa shape index (κ2) is 8.02. The van der Waals surface area contributed by atoms with Gasteiger partial charge < -0.3 is 10.2 Å². The second-order valence-electron chi connectivity index (χ2n) is 6.11. The van der Waals surface area contributed by atoms with E-state index in [2.05, 4.69) is 22.4 Å². The van der Waals surface area contributed by atoms with Crippen LogP contribution < -0.4 is 10.2 Å². The van der Waals surface area contributed by atoms with E-state index in [0.717, 1.165) is 17.9 Å². The topological polar surface area (TPSA) is 45.2 Å². The number of anilines is 2. The van der Waals surface area contributed by atoms with E-state index in [9.17, 15) is 4.79 Å². The van der Waals surface area contributed by atoms with Crippen LogP contribution in [0, 0.1) is 6.92 Å². The number of halogens is 1. The Kier molecular flexibility index (Phi) is 5.54. The molecular weight excluding hydrogens is 346 g/mol. The molecule has 0 aliphatic rings. The number of benzene rings is 2. The summed E-state index contributed by atoms with van der Waals surface area (Å²) in [5.41, 5.74) is 3.25. The minimum absolute atomic E-state index is 0.208. The second-order valence-corrected chi connectivity index (χ2v) is 6.52. The first-order chi connectivity index (χ1) is 12.5. The fraction of sp³-hybridized carbons (Fsp3) is 0.143. The number of hydrogen-bond donors (Lipinski definition) is 1. The standard InChI is InChI=1S/C21H20ClN3O/c1-15-18(22)9-6-10-19(15)24-21(26)17-11-12-20(23-13-17)25(2)14-16-7-4-3-5-8-16/h3-13H,14H2,1-2H3,(H,24,26). The van der Waals surface area contributed by atoms with Crippen LogP contribution in [0.15, 0.2) is 66.9 Å². The maximum atomic E-state index is 12.4. The summed E-state index contributed by atoms with van der Waals surface area (Å²) in [6.45, 7) is 2.62. The summed E-state index contributed by atoms with van der Waals surface area (Å²) in [5, 5.41) is 3.50. The van der Waals surface area contributed by atoms with Gasteiger partial charge in [-0.15, -0.1) is 0 Å². The van der Waals surface area contributed by atoms with Gasteiger partial charge in [-0.3, -0.25) is 4.79 Å². The fourth-order valence-electron chi connectivity index (χ4n) is 2.62. The van der Waals surface area contributed by atoms with Crippen molar-refractivity contribution in [2.24, 2.45) is 0 Å². The van der Waals surface area contributed by atoms with E-state index in [1.165, 1.54) is 5.56 Å². The van der Waals surface area contributed by atoms with E-state index in [1.807, 2.05) is 55.3 Å². The smallest absolute Gasteiger partial charge is 0.257 e. The molecule has 2 aromatic carbocycles. The zero-order chi connectivity index (χ0) is 18.5.